The molecule has 1 aromatic rings. The second kappa shape index (κ2) is 7.13. The van der Waals surface area contributed by atoms with E-state index in [9.17, 15) is 0 Å². The second-order valence-corrected chi connectivity index (χ2v) is 5.25. The first-order valence-corrected chi connectivity index (χ1v) is 6.98. The van der Waals surface area contributed by atoms with Crippen LogP contribution in [-0.4, -0.2) is 41.9 Å². The van der Waals surface area contributed by atoms with Crippen LogP contribution >= 0.6 is 15.9 Å². The summed E-state index contributed by atoms with van der Waals surface area (Å²) in [6.07, 6.45) is 2.98. The molecule has 98 valence electrons. The van der Waals surface area contributed by atoms with Crippen molar-refractivity contribution in [1.82, 2.24) is 20.0 Å². The number of hydrogen-bond acceptors (Lipinski definition) is 3. The average molecular weight is 303 g/mol. The van der Waals surface area contributed by atoms with Crippen LogP contribution in [-0.2, 0) is 6.54 Å². The molecule has 0 aliphatic heterocycles. The van der Waals surface area contributed by atoms with Crippen molar-refractivity contribution in [2.24, 2.45) is 0 Å². The molecule has 1 unspecified atom stereocenters. The van der Waals surface area contributed by atoms with Gasteiger partial charge in [0, 0.05) is 6.54 Å². The van der Waals surface area contributed by atoms with Crippen molar-refractivity contribution in [3.8, 4) is 0 Å². The number of aryl methyl sites for hydroxylation is 1. The van der Waals surface area contributed by atoms with Crippen molar-refractivity contribution in [1.29, 1.82) is 0 Å². The molecule has 17 heavy (non-hydrogen) atoms. The Kier molecular flexibility index (Phi) is 6.16. The summed E-state index contributed by atoms with van der Waals surface area (Å²) < 4.78 is 3.16. The van der Waals surface area contributed by atoms with Crippen molar-refractivity contribution < 1.29 is 0 Å². The largest absolute Gasteiger partial charge is 0.309 e. The van der Waals surface area contributed by atoms with Gasteiger partial charge in [-0.1, -0.05) is 6.92 Å². The van der Waals surface area contributed by atoms with Gasteiger partial charge in [-0.15, -0.1) is 0 Å². The molecule has 1 heterocycles. The van der Waals surface area contributed by atoms with E-state index in [2.05, 4.69) is 63.9 Å². The minimum absolute atomic E-state index is 0.360. The van der Waals surface area contributed by atoms with E-state index < -0.39 is 0 Å². The van der Waals surface area contributed by atoms with E-state index in [0.717, 1.165) is 30.5 Å². The Morgan fingerprint density at radius 1 is 1.47 bits per heavy atom. The number of halogens is 1. The van der Waals surface area contributed by atoms with E-state index >= 15 is 0 Å². The van der Waals surface area contributed by atoms with Crippen molar-refractivity contribution in [3.05, 3.63) is 16.4 Å². The Morgan fingerprint density at radius 2 is 2.18 bits per heavy atom. The third kappa shape index (κ3) is 4.08. The highest BCUT2D eigenvalue weighted by Crippen LogP contribution is 2.25. The van der Waals surface area contributed by atoms with Crippen molar-refractivity contribution in [2.45, 2.75) is 32.9 Å². The zero-order valence-corrected chi connectivity index (χ0v) is 12.8. The molecule has 0 saturated carbocycles. The van der Waals surface area contributed by atoms with Crippen LogP contribution in [0, 0.1) is 0 Å². The summed E-state index contributed by atoms with van der Waals surface area (Å²) in [5.74, 6) is 0. The molecule has 0 aliphatic carbocycles. The van der Waals surface area contributed by atoms with Gasteiger partial charge in [0.15, 0.2) is 0 Å². The van der Waals surface area contributed by atoms with Gasteiger partial charge in [-0.3, -0.25) is 4.68 Å². The van der Waals surface area contributed by atoms with Crippen LogP contribution in [0.2, 0.25) is 0 Å². The Labute approximate surface area is 113 Å². The Morgan fingerprint density at radius 3 is 2.71 bits per heavy atom. The molecule has 0 bridgehead atoms. The van der Waals surface area contributed by atoms with Crippen LogP contribution in [0.4, 0.5) is 0 Å². The van der Waals surface area contributed by atoms with Gasteiger partial charge in [0.1, 0.15) is 0 Å². The fourth-order valence-corrected chi connectivity index (χ4v) is 2.51. The predicted molar refractivity (Wildman–Crippen MR) is 75.2 cm³/mol. The number of hydrogen-bond donors (Lipinski definition) is 1. The van der Waals surface area contributed by atoms with Gasteiger partial charge in [-0.05, 0) is 56.5 Å². The lowest BCUT2D eigenvalue weighted by Gasteiger charge is -2.21. The van der Waals surface area contributed by atoms with Gasteiger partial charge in [-0.2, -0.15) is 5.10 Å². The summed E-state index contributed by atoms with van der Waals surface area (Å²) in [6, 6.07) is 0.360. The second-order valence-electron chi connectivity index (χ2n) is 4.40. The van der Waals surface area contributed by atoms with Gasteiger partial charge in [0.05, 0.1) is 22.4 Å². The molecule has 1 N–H and O–H groups in total. The maximum atomic E-state index is 4.38. The molecule has 1 rings (SSSR count). The van der Waals surface area contributed by atoms with Crippen LogP contribution < -0.4 is 5.32 Å². The molecule has 0 aliphatic rings. The maximum Gasteiger partial charge on any atom is 0.0696 e. The zero-order chi connectivity index (χ0) is 12.8. The minimum atomic E-state index is 0.360. The van der Waals surface area contributed by atoms with Crippen LogP contribution in [0.1, 0.15) is 32.0 Å². The standard InChI is InChI=1S/C12H23BrN4/c1-5-14-11(7-8-16(3)4)12-10(13)9-15-17(12)6-2/h9,11,14H,5-8H2,1-4H3. The molecule has 1 atom stereocenters. The fraction of sp³-hybridized carbons (Fsp3) is 0.750. The smallest absolute Gasteiger partial charge is 0.0696 e. The van der Waals surface area contributed by atoms with Gasteiger partial charge in [-0.25, -0.2) is 0 Å². The summed E-state index contributed by atoms with van der Waals surface area (Å²) in [5, 5.41) is 7.92. The molecule has 0 spiro atoms. The molecule has 1 aromatic heterocycles. The fourth-order valence-electron chi connectivity index (χ4n) is 1.94. The number of nitrogens with zero attached hydrogens (tertiary/aromatic N) is 3. The molecule has 0 saturated heterocycles. The van der Waals surface area contributed by atoms with E-state index in [1.54, 1.807) is 0 Å². The first-order chi connectivity index (χ1) is 8.10. The minimum Gasteiger partial charge on any atom is -0.309 e. The van der Waals surface area contributed by atoms with Gasteiger partial charge >= 0.3 is 0 Å². The van der Waals surface area contributed by atoms with Crippen LogP contribution in [0.15, 0.2) is 10.7 Å². The van der Waals surface area contributed by atoms with Crippen LogP contribution in [0.25, 0.3) is 0 Å². The van der Waals surface area contributed by atoms with E-state index in [1.165, 1.54) is 5.69 Å². The lowest BCUT2D eigenvalue weighted by atomic mass is 10.1. The lowest BCUT2D eigenvalue weighted by molar-refractivity contribution is 0.354. The van der Waals surface area contributed by atoms with E-state index in [0.29, 0.717) is 6.04 Å². The van der Waals surface area contributed by atoms with Crippen molar-refractivity contribution >= 4 is 15.9 Å². The maximum absolute atomic E-state index is 4.38. The van der Waals surface area contributed by atoms with Gasteiger partial charge in [0.25, 0.3) is 0 Å². The first-order valence-electron chi connectivity index (χ1n) is 6.19. The van der Waals surface area contributed by atoms with Crippen LogP contribution in [0.5, 0.6) is 0 Å². The summed E-state index contributed by atoms with van der Waals surface area (Å²) in [4.78, 5) is 2.21. The highest BCUT2D eigenvalue weighted by molar-refractivity contribution is 9.10. The third-order valence-corrected chi connectivity index (χ3v) is 3.39. The van der Waals surface area contributed by atoms with Gasteiger partial charge in [0.2, 0.25) is 0 Å². The highest BCUT2D eigenvalue weighted by atomic mass is 79.9. The van der Waals surface area contributed by atoms with E-state index in [4.69, 9.17) is 0 Å². The summed E-state index contributed by atoms with van der Waals surface area (Å²) in [5.41, 5.74) is 1.26. The average Bonchev–Trinajstić information content (AvgIpc) is 2.65. The number of rotatable bonds is 7. The molecule has 4 nitrogen and oxygen atoms in total. The number of aromatic nitrogens is 2. The van der Waals surface area contributed by atoms with E-state index in [1.807, 2.05) is 6.20 Å². The molecule has 0 radical (unpaired) electrons. The topological polar surface area (TPSA) is 33.1 Å². The molecule has 0 aromatic carbocycles. The normalized spacial score (nSPS) is 13.3. The van der Waals surface area contributed by atoms with E-state index in [-0.39, 0.29) is 0 Å². The monoisotopic (exact) mass is 302 g/mol. The molecule has 0 fully saturated rings. The molecular formula is C12H23BrN4. The molecular weight excluding hydrogens is 280 g/mol. The Bertz CT molecular complexity index is 335. The highest BCUT2D eigenvalue weighted by Gasteiger charge is 2.18. The molecule has 0 amide bonds. The SMILES string of the molecule is CCNC(CCN(C)C)c1c(Br)cnn1CC. The summed E-state index contributed by atoms with van der Waals surface area (Å²) in [6.45, 7) is 7.21. The van der Waals surface area contributed by atoms with Gasteiger partial charge < -0.3 is 10.2 Å². The first kappa shape index (κ1) is 14.7. The predicted octanol–water partition coefficient (Wildman–Crippen LogP) is 2.27. The van der Waals surface area contributed by atoms with Crippen molar-refractivity contribution in [2.75, 3.05) is 27.2 Å². The third-order valence-electron chi connectivity index (χ3n) is 2.78. The van der Waals surface area contributed by atoms with Crippen LogP contribution in [0.3, 0.4) is 0 Å². The lowest BCUT2D eigenvalue weighted by Crippen LogP contribution is -2.27. The Balaban J connectivity index is 2.84. The summed E-state index contributed by atoms with van der Waals surface area (Å²) >= 11 is 3.60. The molecule has 5 heteroatoms. The zero-order valence-electron chi connectivity index (χ0n) is 11.2. The Hall–Kier alpha value is -0.390. The summed E-state index contributed by atoms with van der Waals surface area (Å²) in [7, 11) is 4.21. The quantitative estimate of drug-likeness (QED) is 0.839. The number of nitrogens with one attached hydrogen (secondary N) is 1. The van der Waals surface area contributed by atoms with Crippen molar-refractivity contribution in [3.63, 3.8) is 0 Å².